The maximum absolute atomic E-state index is 14.3. The standard InChI is InChI=1S/C27H30F3N3O5S/c28-18-3-7-20(8-4-18)33-23(16-34)24(25(31-33)21-9-10-27(29,30)15-22(21)26(35)36)17-1-5-19(6-2-17)32-11-13-39(37,38)14-12-32/h1-8,21-22,34,37-38H,9-16H2,(H,35,36)/t21-,22-/m1/s1. The molecule has 0 amide bonds. The third-order valence-corrected chi connectivity index (χ3v) is 9.29. The lowest BCUT2D eigenvalue weighted by Crippen LogP contribution is -2.38. The highest BCUT2D eigenvalue weighted by Gasteiger charge is 2.47. The number of aliphatic hydroxyl groups is 1. The van der Waals surface area contributed by atoms with Crippen LogP contribution in [0.15, 0.2) is 48.5 Å². The zero-order valence-corrected chi connectivity index (χ0v) is 21.8. The molecule has 0 spiro atoms. The second-order valence-corrected chi connectivity index (χ2v) is 12.6. The predicted molar refractivity (Wildman–Crippen MR) is 142 cm³/mol. The first-order chi connectivity index (χ1) is 18.5. The molecule has 2 aromatic carbocycles. The van der Waals surface area contributed by atoms with Crippen molar-refractivity contribution in [3.63, 3.8) is 0 Å². The van der Waals surface area contributed by atoms with Gasteiger partial charge in [-0.3, -0.25) is 13.9 Å². The van der Waals surface area contributed by atoms with Gasteiger partial charge in [0.1, 0.15) is 5.82 Å². The number of halogens is 3. The Balaban J connectivity index is 1.59. The van der Waals surface area contributed by atoms with E-state index in [2.05, 4.69) is 5.10 Å². The fourth-order valence-corrected chi connectivity index (χ4v) is 6.76. The molecule has 3 aromatic rings. The molecule has 0 bridgehead atoms. The van der Waals surface area contributed by atoms with E-state index in [-0.39, 0.29) is 17.9 Å². The van der Waals surface area contributed by atoms with Crippen molar-refractivity contribution in [3.05, 3.63) is 65.7 Å². The normalized spacial score (nSPS) is 23.4. The minimum Gasteiger partial charge on any atom is -0.481 e. The minimum absolute atomic E-state index is 0.0967. The number of rotatable bonds is 6. The molecule has 1 aliphatic heterocycles. The Bertz CT molecular complexity index is 1340. The summed E-state index contributed by atoms with van der Waals surface area (Å²) in [5, 5.41) is 24.9. The van der Waals surface area contributed by atoms with Crippen LogP contribution in [0.3, 0.4) is 0 Å². The van der Waals surface area contributed by atoms with Crippen LogP contribution in [-0.4, -0.2) is 65.6 Å². The van der Waals surface area contributed by atoms with E-state index < -0.39 is 59.6 Å². The van der Waals surface area contributed by atoms with Crippen LogP contribution in [0.2, 0.25) is 0 Å². The first-order valence-corrected chi connectivity index (χ1v) is 14.5. The molecule has 0 unspecified atom stereocenters. The van der Waals surface area contributed by atoms with Crippen LogP contribution in [-0.2, 0) is 11.4 Å². The zero-order valence-electron chi connectivity index (χ0n) is 21.0. The van der Waals surface area contributed by atoms with Crippen molar-refractivity contribution in [3.8, 4) is 16.8 Å². The molecule has 2 aliphatic rings. The number of nitrogens with zero attached hydrogens (tertiary/aromatic N) is 3. The van der Waals surface area contributed by atoms with Crippen LogP contribution in [0.1, 0.15) is 36.6 Å². The van der Waals surface area contributed by atoms with Gasteiger partial charge in [0.25, 0.3) is 0 Å². The quantitative estimate of drug-likeness (QED) is 0.318. The highest BCUT2D eigenvalue weighted by Crippen LogP contribution is 2.48. The molecule has 1 saturated carbocycles. The maximum Gasteiger partial charge on any atom is 0.307 e. The van der Waals surface area contributed by atoms with Crippen molar-refractivity contribution < 1.29 is 37.3 Å². The van der Waals surface area contributed by atoms with Crippen molar-refractivity contribution >= 4 is 22.2 Å². The molecular weight excluding hydrogens is 535 g/mol. The minimum atomic E-state index is -3.10. The largest absolute Gasteiger partial charge is 0.481 e. The summed E-state index contributed by atoms with van der Waals surface area (Å²) in [6.45, 7) is 0.480. The van der Waals surface area contributed by atoms with E-state index in [1.807, 2.05) is 17.0 Å². The van der Waals surface area contributed by atoms with E-state index in [1.165, 1.54) is 28.9 Å². The molecule has 39 heavy (non-hydrogen) atoms. The SMILES string of the molecule is O=C(O)[C@@H]1CC(F)(F)CC[C@H]1c1nn(-c2ccc(F)cc2)c(CO)c1-c1ccc(N2CCS(O)(O)CC2)cc1. The van der Waals surface area contributed by atoms with E-state index in [9.17, 15) is 37.3 Å². The van der Waals surface area contributed by atoms with Gasteiger partial charge < -0.3 is 15.1 Å². The van der Waals surface area contributed by atoms with Gasteiger partial charge in [0.05, 0.1) is 41.1 Å². The smallest absolute Gasteiger partial charge is 0.307 e. The second-order valence-electron chi connectivity index (χ2n) is 10.1. The summed E-state index contributed by atoms with van der Waals surface area (Å²) < 4.78 is 63.4. The van der Waals surface area contributed by atoms with Gasteiger partial charge in [0.2, 0.25) is 5.92 Å². The summed E-state index contributed by atoms with van der Waals surface area (Å²) >= 11 is 0. The number of aromatic nitrogens is 2. The van der Waals surface area contributed by atoms with Gasteiger partial charge in [-0.15, -0.1) is 0 Å². The number of carbonyl (C=O) groups is 1. The summed E-state index contributed by atoms with van der Waals surface area (Å²) in [5.74, 6) is -6.54. The van der Waals surface area contributed by atoms with Crippen molar-refractivity contribution in [2.24, 2.45) is 5.92 Å². The summed E-state index contributed by atoms with van der Waals surface area (Å²) in [5.41, 5.74) is 3.00. The molecule has 1 saturated heterocycles. The number of hydrogen-bond donors (Lipinski definition) is 4. The third-order valence-electron chi connectivity index (χ3n) is 7.62. The fourth-order valence-electron chi connectivity index (χ4n) is 5.53. The van der Waals surface area contributed by atoms with Crippen LogP contribution >= 0.6 is 10.6 Å². The van der Waals surface area contributed by atoms with Crippen LogP contribution in [0, 0.1) is 11.7 Å². The number of anilines is 1. The number of alkyl halides is 2. The Labute approximate surface area is 225 Å². The lowest BCUT2D eigenvalue weighted by atomic mass is 9.74. The summed E-state index contributed by atoms with van der Waals surface area (Å²) in [4.78, 5) is 14.1. The van der Waals surface area contributed by atoms with E-state index >= 15 is 0 Å². The lowest BCUT2D eigenvalue weighted by Gasteiger charge is -2.41. The molecule has 2 atom stereocenters. The Morgan fingerprint density at radius 2 is 1.64 bits per heavy atom. The van der Waals surface area contributed by atoms with Gasteiger partial charge in [0, 0.05) is 43.1 Å². The number of benzene rings is 2. The highest BCUT2D eigenvalue weighted by atomic mass is 32.3. The first-order valence-electron chi connectivity index (χ1n) is 12.7. The molecule has 2 heterocycles. The molecule has 2 fully saturated rings. The molecular formula is C27H30F3N3O5S. The summed E-state index contributed by atoms with van der Waals surface area (Å²) in [7, 11) is -2.55. The van der Waals surface area contributed by atoms with Crippen LogP contribution in [0.4, 0.5) is 18.9 Å². The van der Waals surface area contributed by atoms with Gasteiger partial charge >= 0.3 is 5.97 Å². The zero-order chi connectivity index (χ0) is 27.9. The Hall–Kier alpha value is -3.06. The maximum atomic E-state index is 14.3. The van der Waals surface area contributed by atoms with Crippen LogP contribution in [0.25, 0.3) is 16.8 Å². The van der Waals surface area contributed by atoms with Gasteiger partial charge in [-0.2, -0.15) is 15.7 Å². The molecule has 4 N–H and O–H groups in total. The summed E-state index contributed by atoms with van der Waals surface area (Å²) in [6.07, 6.45) is -1.39. The molecule has 210 valence electrons. The molecule has 0 radical (unpaired) electrons. The number of carboxylic acid groups (broad SMARTS) is 1. The Morgan fingerprint density at radius 3 is 2.23 bits per heavy atom. The van der Waals surface area contributed by atoms with Crippen molar-refractivity contribution in [2.45, 2.75) is 37.7 Å². The van der Waals surface area contributed by atoms with Gasteiger partial charge in [0.15, 0.2) is 0 Å². The topological polar surface area (TPSA) is 119 Å². The first kappa shape index (κ1) is 27.5. The number of hydrogen-bond acceptors (Lipinski definition) is 6. The second kappa shape index (κ2) is 10.5. The van der Waals surface area contributed by atoms with E-state index in [0.717, 1.165) is 5.69 Å². The van der Waals surface area contributed by atoms with E-state index in [4.69, 9.17) is 0 Å². The molecule has 1 aromatic heterocycles. The van der Waals surface area contributed by atoms with Crippen molar-refractivity contribution in [1.82, 2.24) is 9.78 Å². The molecule has 8 nitrogen and oxygen atoms in total. The van der Waals surface area contributed by atoms with Gasteiger partial charge in [-0.1, -0.05) is 12.1 Å². The average Bonchev–Trinajstić information content (AvgIpc) is 3.28. The van der Waals surface area contributed by atoms with Gasteiger partial charge in [-0.25, -0.2) is 17.9 Å². The van der Waals surface area contributed by atoms with Crippen molar-refractivity contribution in [1.29, 1.82) is 0 Å². The number of aliphatic carboxylic acids is 1. The fraction of sp³-hybridized carbons (Fsp3) is 0.407. The number of carboxylic acids is 1. The number of aliphatic hydroxyl groups excluding tert-OH is 1. The van der Waals surface area contributed by atoms with E-state index in [1.54, 1.807) is 12.1 Å². The Morgan fingerprint density at radius 1 is 1.03 bits per heavy atom. The van der Waals surface area contributed by atoms with Crippen LogP contribution in [0.5, 0.6) is 0 Å². The van der Waals surface area contributed by atoms with Crippen LogP contribution < -0.4 is 4.90 Å². The molecule has 5 rings (SSSR count). The van der Waals surface area contributed by atoms with Crippen molar-refractivity contribution in [2.75, 3.05) is 29.5 Å². The van der Waals surface area contributed by atoms with E-state index in [0.29, 0.717) is 41.3 Å². The molecule has 1 aliphatic carbocycles. The third kappa shape index (κ3) is 5.65. The average molecular weight is 566 g/mol. The monoisotopic (exact) mass is 565 g/mol. The Kier molecular flexibility index (Phi) is 7.40. The highest BCUT2D eigenvalue weighted by molar-refractivity contribution is 8.24. The predicted octanol–water partition coefficient (Wildman–Crippen LogP) is 5.34. The summed E-state index contributed by atoms with van der Waals surface area (Å²) in [6, 6.07) is 12.7. The lowest BCUT2D eigenvalue weighted by molar-refractivity contribution is -0.150. The molecule has 12 heteroatoms. The van der Waals surface area contributed by atoms with Gasteiger partial charge in [-0.05, 0) is 48.4 Å².